The number of unbranched alkanes of at least 4 members (excludes halogenated alkanes) is 24. The predicted molar refractivity (Wildman–Crippen MR) is 249 cm³/mol. The fraction of sp³-hybridized carbons (Fsp3) is 0.958. The molecule has 332 valence electrons. The van der Waals surface area contributed by atoms with Crippen molar-refractivity contribution in [3.63, 3.8) is 0 Å². The Hall–Kier alpha value is -0.140. The molecule has 0 aliphatic carbocycles. The number of aliphatic carboxylic acids is 1. The molecule has 0 aromatic carbocycles. The average Bonchev–Trinajstić information content (AvgIpc) is 3.18. The van der Waals surface area contributed by atoms with Crippen LogP contribution in [0.25, 0.3) is 0 Å². The van der Waals surface area contributed by atoms with Gasteiger partial charge in [-0.05, 0) is 63.2 Å². The van der Waals surface area contributed by atoms with E-state index in [2.05, 4.69) is 59.6 Å². The monoisotopic (exact) mass is 911 g/mol. The molecule has 0 unspecified atom stereocenters. The molecule has 55 heavy (non-hydrogen) atoms. The van der Waals surface area contributed by atoms with Gasteiger partial charge in [0, 0.05) is 30.1 Å². The number of esters is 1. The Balaban J connectivity index is -0.000000813. The first-order valence-electron chi connectivity index (χ1n) is 24.0. The van der Waals surface area contributed by atoms with Gasteiger partial charge in [-0.1, -0.05) is 226 Å². The number of carbonyl (C=O) groups is 2. The van der Waals surface area contributed by atoms with Crippen LogP contribution in [0.15, 0.2) is 0 Å². The summed E-state index contributed by atoms with van der Waals surface area (Å²) in [5, 5.41) is 19.8. The summed E-state index contributed by atoms with van der Waals surface area (Å²) in [6.07, 6.45) is 43.9. The number of ether oxygens (including phenoxy) is 1. The molecule has 7 heteroatoms. The highest BCUT2D eigenvalue weighted by atomic mass is 79.9. The lowest BCUT2D eigenvalue weighted by Crippen LogP contribution is -2.14. The van der Waals surface area contributed by atoms with Crippen molar-refractivity contribution in [3.8, 4) is 0 Å². The van der Waals surface area contributed by atoms with Crippen LogP contribution in [0.3, 0.4) is 0 Å². The van der Waals surface area contributed by atoms with Crippen molar-refractivity contribution >= 4 is 43.8 Å². The Morgan fingerprint density at radius 2 is 0.745 bits per heavy atom. The van der Waals surface area contributed by atoms with Gasteiger partial charge in [-0.2, -0.15) is 0 Å². The number of hydrogen-bond acceptors (Lipinski definition) is 4. The zero-order valence-corrected chi connectivity index (χ0v) is 40.5. The smallest absolute Gasteiger partial charge is 0.305 e. The van der Waals surface area contributed by atoms with Gasteiger partial charge in [0.25, 0.3) is 0 Å². The lowest BCUT2D eigenvalue weighted by molar-refractivity contribution is -0.145. The third kappa shape index (κ3) is 56.0. The number of carboxylic acid groups (broad SMARTS) is 1. The quantitative estimate of drug-likeness (QED) is 0.0363. The van der Waals surface area contributed by atoms with Crippen molar-refractivity contribution in [2.24, 2.45) is 11.8 Å². The van der Waals surface area contributed by atoms with Gasteiger partial charge in [-0.3, -0.25) is 9.59 Å². The molecular weight excluding hydrogens is 816 g/mol. The molecular formula is C48H96Br2O5. The van der Waals surface area contributed by atoms with E-state index in [9.17, 15) is 14.7 Å². The summed E-state index contributed by atoms with van der Waals surface area (Å²) in [7, 11) is 0. The standard InChI is InChI=1S/C24H47BrO2.C14H30O.C10H19BrO2/c1-3-5-7-14-18-23(19-15-8-6-4-2)22-27-24(26)20-16-12-10-9-11-13-17-21-25;1-3-5-7-9-11-14(13-15)12-10-8-6-4-2;11-9-7-5-3-1-2-4-6-8-10(12)13/h23H,3-22H2,1-2H3;14-15H,3-13H2,1-2H3;1-9H2,(H,12,13). The van der Waals surface area contributed by atoms with E-state index in [-0.39, 0.29) is 5.97 Å². The topological polar surface area (TPSA) is 83.8 Å². The largest absolute Gasteiger partial charge is 0.481 e. The second-order valence-electron chi connectivity index (χ2n) is 16.2. The maximum atomic E-state index is 12.0. The van der Waals surface area contributed by atoms with Crippen LogP contribution >= 0.6 is 31.9 Å². The Morgan fingerprint density at radius 1 is 0.436 bits per heavy atom. The first-order chi connectivity index (χ1) is 26.9. The third-order valence-corrected chi connectivity index (χ3v) is 11.8. The predicted octanol–water partition coefficient (Wildman–Crippen LogP) is 16.7. The fourth-order valence-corrected chi connectivity index (χ4v) is 7.66. The molecule has 0 aliphatic heterocycles. The van der Waals surface area contributed by atoms with Crippen LogP contribution in [0, 0.1) is 11.8 Å². The number of aliphatic hydroxyl groups is 1. The van der Waals surface area contributed by atoms with Crippen LogP contribution in [0.1, 0.15) is 259 Å². The normalized spacial score (nSPS) is 11.0. The number of alkyl halides is 2. The Bertz CT molecular complexity index is 698. The highest BCUT2D eigenvalue weighted by molar-refractivity contribution is 9.09. The van der Waals surface area contributed by atoms with E-state index in [1.165, 1.54) is 199 Å². The first kappa shape index (κ1) is 59.2. The highest BCUT2D eigenvalue weighted by Gasteiger charge is 2.12. The third-order valence-electron chi connectivity index (χ3n) is 10.6. The summed E-state index contributed by atoms with van der Waals surface area (Å²) in [5.41, 5.74) is 0. The zero-order chi connectivity index (χ0) is 41.3. The molecule has 0 saturated heterocycles. The second kappa shape index (κ2) is 53.9. The number of aliphatic hydroxyl groups excluding tert-OH is 1. The highest BCUT2D eigenvalue weighted by Crippen LogP contribution is 2.20. The summed E-state index contributed by atoms with van der Waals surface area (Å²) in [6.45, 7) is 10.1. The summed E-state index contributed by atoms with van der Waals surface area (Å²) in [6, 6.07) is 0. The number of carboxylic acids is 1. The number of halogens is 2. The van der Waals surface area contributed by atoms with E-state index in [1.807, 2.05) is 0 Å². The van der Waals surface area contributed by atoms with Crippen LogP contribution in [0.5, 0.6) is 0 Å². The van der Waals surface area contributed by atoms with Gasteiger partial charge < -0.3 is 14.9 Å². The van der Waals surface area contributed by atoms with Crippen LogP contribution in [0.4, 0.5) is 0 Å². The SMILES string of the molecule is CCCCCCC(CCCCCC)COC(=O)CCCCCCCCCBr.CCCCCCC(CO)CCCCCC.O=C(O)CCCCCCCCCBr. The Labute approximate surface area is 361 Å². The first-order valence-corrected chi connectivity index (χ1v) is 26.2. The van der Waals surface area contributed by atoms with Crippen LogP contribution in [-0.2, 0) is 14.3 Å². The lowest BCUT2D eigenvalue weighted by atomic mass is 9.95. The van der Waals surface area contributed by atoms with E-state index in [0.717, 1.165) is 29.9 Å². The zero-order valence-electron chi connectivity index (χ0n) is 37.3. The molecule has 0 fully saturated rings. The Morgan fingerprint density at radius 3 is 1.07 bits per heavy atom. The van der Waals surface area contributed by atoms with Crippen molar-refractivity contribution in [2.45, 2.75) is 259 Å². The molecule has 0 aromatic rings. The van der Waals surface area contributed by atoms with Gasteiger partial charge in [0.05, 0.1) is 6.61 Å². The van der Waals surface area contributed by atoms with Crippen molar-refractivity contribution in [1.82, 2.24) is 0 Å². The molecule has 0 saturated carbocycles. The molecule has 0 heterocycles. The molecule has 0 radical (unpaired) electrons. The van der Waals surface area contributed by atoms with Gasteiger partial charge >= 0.3 is 11.9 Å². The fourth-order valence-electron chi connectivity index (χ4n) is 6.86. The molecule has 0 amide bonds. The van der Waals surface area contributed by atoms with Gasteiger partial charge in [-0.15, -0.1) is 0 Å². The summed E-state index contributed by atoms with van der Waals surface area (Å²) >= 11 is 6.87. The van der Waals surface area contributed by atoms with E-state index in [0.29, 0.717) is 37.9 Å². The minimum Gasteiger partial charge on any atom is -0.481 e. The van der Waals surface area contributed by atoms with E-state index >= 15 is 0 Å². The number of hydrogen-bond donors (Lipinski definition) is 2. The van der Waals surface area contributed by atoms with Gasteiger partial charge in [0.2, 0.25) is 0 Å². The van der Waals surface area contributed by atoms with Crippen molar-refractivity contribution in [3.05, 3.63) is 0 Å². The summed E-state index contributed by atoms with van der Waals surface area (Å²) in [5.74, 6) is 0.525. The van der Waals surface area contributed by atoms with Crippen LogP contribution in [-0.4, -0.2) is 46.0 Å². The van der Waals surface area contributed by atoms with Crippen LogP contribution < -0.4 is 0 Å². The molecule has 0 aromatic heterocycles. The molecule has 0 aliphatic rings. The maximum absolute atomic E-state index is 12.0. The van der Waals surface area contributed by atoms with E-state index in [1.54, 1.807) is 0 Å². The molecule has 0 rings (SSSR count). The summed E-state index contributed by atoms with van der Waals surface area (Å²) < 4.78 is 5.63. The number of rotatable bonds is 41. The average molecular weight is 913 g/mol. The van der Waals surface area contributed by atoms with Crippen molar-refractivity contribution in [2.75, 3.05) is 23.9 Å². The molecule has 0 spiro atoms. The Kier molecular flexibility index (Phi) is 57.9. The van der Waals surface area contributed by atoms with E-state index < -0.39 is 5.97 Å². The molecule has 0 bridgehead atoms. The van der Waals surface area contributed by atoms with Gasteiger partial charge in [-0.25, -0.2) is 0 Å². The minimum absolute atomic E-state index is 0.0291. The van der Waals surface area contributed by atoms with Crippen molar-refractivity contribution < 1.29 is 24.5 Å². The molecule has 2 N–H and O–H groups in total. The van der Waals surface area contributed by atoms with E-state index in [4.69, 9.17) is 9.84 Å². The minimum atomic E-state index is -0.667. The van der Waals surface area contributed by atoms with Gasteiger partial charge in [0.15, 0.2) is 0 Å². The van der Waals surface area contributed by atoms with Crippen LogP contribution in [0.2, 0.25) is 0 Å². The lowest BCUT2D eigenvalue weighted by Gasteiger charge is -2.17. The molecule has 0 atom stereocenters. The van der Waals surface area contributed by atoms with Gasteiger partial charge in [0.1, 0.15) is 0 Å². The number of carbonyl (C=O) groups excluding carboxylic acids is 1. The molecule has 5 nitrogen and oxygen atoms in total. The second-order valence-corrected chi connectivity index (χ2v) is 17.8. The van der Waals surface area contributed by atoms with Crippen molar-refractivity contribution in [1.29, 1.82) is 0 Å². The summed E-state index contributed by atoms with van der Waals surface area (Å²) in [4.78, 5) is 22.2. The maximum Gasteiger partial charge on any atom is 0.305 e.